The maximum absolute atomic E-state index is 13.7. The number of hydrogen-bond acceptors (Lipinski definition) is 1. The molecule has 0 aromatic heterocycles. The van der Waals surface area contributed by atoms with Gasteiger partial charge < -0.3 is 5.73 Å². The number of benzene rings is 2. The molecule has 0 radical (unpaired) electrons. The molecule has 2 aromatic rings. The lowest BCUT2D eigenvalue weighted by Crippen LogP contribution is -2.14. The Morgan fingerprint density at radius 2 is 1.89 bits per heavy atom. The van der Waals surface area contributed by atoms with Crippen molar-refractivity contribution < 1.29 is 4.39 Å². The summed E-state index contributed by atoms with van der Waals surface area (Å²) in [6.07, 6.45) is 0.368. The third-order valence-corrected chi connectivity index (χ3v) is 3.87. The molecule has 1 nitrogen and oxygen atoms in total. The van der Waals surface area contributed by atoms with Crippen LogP contribution in [0.1, 0.15) is 17.2 Å². The van der Waals surface area contributed by atoms with E-state index >= 15 is 0 Å². The highest BCUT2D eigenvalue weighted by molar-refractivity contribution is 9.10. The van der Waals surface area contributed by atoms with Crippen LogP contribution >= 0.6 is 39.1 Å². The second-order valence-electron chi connectivity index (χ2n) is 4.21. The molecule has 0 spiro atoms. The van der Waals surface area contributed by atoms with Gasteiger partial charge in [0.2, 0.25) is 0 Å². The SMILES string of the molecule is NC(Cc1cc(Br)ccc1F)c1ccc(Cl)cc1Cl. The van der Waals surface area contributed by atoms with Gasteiger partial charge in [-0.05, 0) is 47.9 Å². The van der Waals surface area contributed by atoms with Gasteiger partial charge in [-0.1, -0.05) is 45.2 Å². The number of rotatable bonds is 3. The van der Waals surface area contributed by atoms with E-state index in [-0.39, 0.29) is 11.9 Å². The van der Waals surface area contributed by atoms with E-state index in [9.17, 15) is 4.39 Å². The van der Waals surface area contributed by atoms with Crippen LogP contribution in [0.15, 0.2) is 40.9 Å². The second-order valence-corrected chi connectivity index (χ2v) is 5.97. The quantitative estimate of drug-likeness (QED) is 0.803. The molecule has 0 saturated heterocycles. The first-order valence-corrected chi connectivity index (χ1v) is 7.16. The van der Waals surface area contributed by atoms with Gasteiger partial charge in [0.25, 0.3) is 0 Å². The predicted molar refractivity (Wildman–Crippen MR) is 81.2 cm³/mol. The highest BCUT2D eigenvalue weighted by atomic mass is 79.9. The zero-order valence-corrected chi connectivity index (χ0v) is 12.9. The van der Waals surface area contributed by atoms with Gasteiger partial charge in [-0.15, -0.1) is 0 Å². The first-order valence-electron chi connectivity index (χ1n) is 5.62. The van der Waals surface area contributed by atoms with Crippen LogP contribution in [-0.2, 0) is 6.42 Å². The van der Waals surface area contributed by atoms with Crippen molar-refractivity contribution in [3.8, 4) is 0 Å². The number of halogens is 4. The van der Waals surface area contributed by atoms with Crippen LogP contribution in [0.5, 0.6) is 0 Å². The molecule has 2 aromatic carbocycles. The molecule has 0 aliphatic heterocycles. The third kappa shape index (κ3) is 3.69. The van der Waals surface area contributed by atoms with Crippen molar-refractivity contribution in [1.82, 2.24) is 0 Å². The molecule has 2 rings (SSSR count). The first kappa shape index (κ1) is 14.8. The molecule has 0 aliphatic carbocycles. The fourth-order valence-electron chi connectivity index (χ4n) is 1.85. The van der Waals surface area contributed by atoms with Gasteiger partial charge in [0.15, 0.2) is 0 Å². The Balaban J connectivity index is 2.25. The predicted octanol–water partition coefficient (Wildman–Crippen LogP) is 5.14. The van der Waals surface area contributed by atoms with Gasteiger partial charge in [-0.25, -0.2) is 4.39 Å². The maximum atomic E-state index is 13.7. The Bertz CT molecular complexity index is 604. The summed E-state index contributed by atoms with van der Waals surface area (Å²) in [5, 5.41) is 1.05. The zero-order chi connectivity index (χ0) is 14.0. The molecular weight excluding hydrogens is 352 g/mol. The molecule has 100 valence electrons. The summed E-state index contributed by atoms with van der Waals surface area (Å²) < 4.78 is 14.5. The average Bonchev–Trinajstić information content (AvgIpc) is 2.33. The van der Waals surface area contributed by atoms with E-state index in [1.807, 2.05) is 0 Å². The average molecular weight is 363 g/mol. The molecule has 2 N–H and O–H groups in total. The van der Waals surface area contributed by atoms with Crippen LogP contribution in [-0.4, -0.2) is 0 Å². The van der Waals surface area contributed by atoms with Gasteiger partial charge in [0.1, 0.15) is 5.82 Å². The zero-order valence-electron chi connectivity index (χ0n) is 9.84. The highest BCUT2D eigenvalue weighted by Gasteiger charge is 2.14. The molecule has 1 unspecified atom stereocenters. The van der Waals surface area contributed by atoms with Crippen LogP contribution in [0.3, 0.4) is 0 Å². The minimum atomic E-state index is -0.381. The molecule has 19 heavy (non-hydrogen) atoms. The third-order valence-electron chi connectivity index (χ3n) is 2.81. The van der Waals surface area contributed by atoms with Crippen molar-refractivity contribution in [2.24, 2.45) is 5.73 Å². The van der Waals surface area contributed by atoms with Gasteiger partial charge in [-0.3, -0.25) is 0 Å². The lowest BCUT2D eigenvalue weighted by atomic mass is 9.99. The smallest absolute Gasteiger partial charge is 0.126 e. The first-order chi connectivity index (χ1) is 8.97. The van der Waals surface area contributed by atoms with E-state index in [4.69, 9.17) is 28.9 Å². The van der Waals surface area contributed by atoms with Gasteiger partial charge >= 0.3 is 0 Å². The molecule has 0 heterocycles. The molecule has 1 atom stereocenters. The monoisotopic (exact) mass is 361 g/mol. The fourth-order valence-corrected chi connectivity index (χ4v) is 2.81. The van der Waals surface area contributed by atoms with Crippen molar-refractivity contribution in [2.45, 2.75) is 12.5 Å². The van der Waals surface area contributed by atoms with Crippen molar-refractivity contribution in [3.05, 3.63) is 67.9 Å². The van der Waals surface area contributed by atoms with Crippen molar-refractivity contribution in [3.63, 3.8) is 0 Å². The Morgan fingerprint density at radius 1 is 1.16 bits per heavy atom. The lowest BCUT2D eigenvalue weighted by Gasteiger charge is -2.15. The molecule has 0 fully saturated rings. The summed E-state index contributed by atoms with van der Waals surface area (Å²) in [6, 6.07) is 9.53. The van der Waals surface area contributed by atoms with E-state index in [1.54, 1.807) is 30.3 Å². The minimum absolute atomic E-state index is 0.274. The largest absolute Gasteiger partial charge is 0.324 e. The summed E-state index contributed by atoms with van der Waals surface area (Å²) in [6.45, 7) is 0. The standard InChI is InChI=1S/C14H11BrCl2FN/c15-9-1-4-13(18)8(5-9)6-14(19)11-3-2-10(16)7-12(11)17/h1-5,7,14H,6,19H2. The summed E-state index contributed by atoms with van der Waals surface area (Å²) in [5.74, 6) is -0.274. The lowest BCUT2D eigenvalue weighted by molar-refractivity contribution is 0.593. The Morgan fingerprint density at radius 3 is 2.58 bits per heavy atom. The van der Waals surface area contributed by atoms with Crippen LogP contribution in [0.25, 0.3) is 0 Å². The Hall–Kier alpha value is -0.610. The molecular formula is C14H11BrCl2FN. The van der Waals surface area contributed by atoms with Gasteiger partial charge in [-0.2, -0.15) is 0 Å². The molecule has 0 saturated carbocycles. The summed E-state index contributed by atoms with van der Waals surface area (Å²) in [7, 11) is 0. The van der Waals surface area contributed by atoms with Crippen molar-refractivity contribution >= 4 is 39.1 Å². The number of nitrogens with two attached hydrogens (primary N) is 1. The minimum Gasteiger partial charge on any atom is -0.324 e. The molecule has 0 amide bonds. The summed E-state index contributed by atoms with van der Waals surface area (Å²) >= 11 is 15.2. The van der Waals surface area contributed by atoms with Gasteiger partial charge in [0.05, 0.1) is 0 Å². The van der Waals surface area contributed by atoms with Gasteiger partial charge in [0, 0.05) is 20.6 Å². The summed E-state index contributed by atoms with van der Waals surface area (Å²) in [5.41, 5.74) is 7.39. The summed E-state index contributed by atoms with van der Waals surface area (Å²) in [4.78, 5) is 0. The van der Waals surface area contributed by atoms with Crippen molar-refractivity contribution in [2.75, 3.05) is 0 Å². The van der Waals surface area contributed by atoms with Crippen molar-refractivity contribution in [1.29, 1.82) is 0 Å². The van der Waals surface area contributed by atoms with Crippen LogP contribution < -0.4 is 5.73 Å². The Labute approximate surface area is 129 Å². The van der Waals surface area contributed by atoms with Crippen LogP contribution in [0.4, 0.5) is 4.39 Å². The maximum Gasteiger partial charge on any atom is 0.126 e. The van der Waals surface area contributed by atoms with E-state index in [1.165, 1.54) is 6.07 Å². The topological polar surface area (TPSA) is 26.0 Å². The normalized spacial score (nSPS) is 12.5. The molecule has 0 aliphatic rings. The van der Waals surface area contributed by atoms with E-state index < -0.39 is 0 Å². The van der Waals surface area contributed by atoms with E-state index in [2.05, 4.69) is 15.9 Å². The van der Waals surface area contributed by atoms with Crippen LogP contribution in [0.2, 0.25) is 10.0 Å². The second kappa shape index (κ2) is 6.23. The molecule has 0 bridgehead atoms. The fraction of sp³-hybridized carbons (Fsp3) is 0.143. The van der Waals surface area contributed by atoms with Crippen LogP contribution in [0, 0.1) is 5.82 Å². The van der Waals surface area contributed by atoms with E-state index in [0.29, 0.717) is 22.0 Å². The molecule has 5 heteroatoms. The Kier molecular flexibility index (Phi) is 4.85. The number of hydrogen-bond donors (Lipinski definition) is 1. The van der Waals surface area contributed by atoms with E-state index in [0.717, 1.165) is 10.0 Å². The highest BCUT2D eigenvalue weighted by Crippen LogP contribution is 2.28.